The predicted octanol–water partition coefficient (Wildman–Crippen LogP) is 3.84. The number of hydrogen-bond donors (Lipinski definition) is 1. The lowest BCUT2D eigenvalue weighted by atomic mass is 9.85. The molecule has 0 saturated carbocycles. The van der Waals surface area contributed by atoms with Gasteiger partial charge in [0, 0.05) is 6.04 Å². The van der Waals surface area contributed by atoms with Crippen LogP contribution in [0.1, 0.15) is 60.3 Å². The first-order valence-electron chi connectivity index (χ1n) is 6.08. The topological polar surface area (TPSA) is 12.0 Å². The van der Waals surface area contributed by atoms with E-state index in [0.29, 0.717) is 11.5 Å². The Hall–Kier alpha value is -0.0400. The molecule has 0 radical (unpaired) electrons. The zero-order chi connectivity index (χ0) is 11.2. The van der Waals surface area contributed by atoms with Crippen LogP contribution >= 0.6 is 0 Å². The third-order valence-electron chi connectivity index (χ3n) is 3.01. The predicted molar refractivity (Wildman–Crippen MR) is 65.6 cm³/mol. The molecule has 0 aliphatic carbocycles. The van der Waals surface area contributed by atoms with Crippen molar-refractivity contribution >= 4 is 0 Å². The first-order valence-corrected chi connectivity index (χ1v) is 6.08. The van der Waals surface area contributed by atoms with E-state index in [9.17, 15) is 0 Å². The van der Waals surface area contributed by atoms with Crippen molar-refractivity contribution in [3.8, 4) is 0 Å². The van der Waals surface area contributed by atoms with Gasteiger partial charge < -0.3 is 5.32 Å². The van der Waals surface area contributed by atoms with Crippen LogP contribution < -0.4 is 5.32 Å². The lowest BCUT2D eigenvalue weighted by Gasteiger charge is -2.27. The molecular weight excluding hydrogens is 170 g/mol. The van der Waals surface area contributed by atoms with Crippen LogP contribution in [0.2, 0.25) is 0 Å². The van der Waals surface area contributed by atoms with Crippen molar-refractivity contribution in [3.05, 3.63) is 0 Å². The standard InChI is InChI=1S/C13H29N/c1-7-8-11(2)12(14-6)9-10-13(3,4)5/h11-12,14H,7-10H2,1-6H3. The lowest BCUT2D eigenvalue weighted by Crippen LogP contribution is -2.33. The van der Waals surface area contributed by atoms with Crippen molar-refractivity contribution in [2.45, 2.75) is 66.3 Å². The fourth-order valence-electron chi connectivity index (χ4n) is 1.96. The Morgan fingerprint density at radius 1 is 1.14 bits per heavy atom. The van der Waals surface area contributed by atoms with E-state index >= 15 is 0 Å². The van der Waals surface area contributed by atoms with Crippen LogP contribution in [0.5, 0.6) is 0 Å². The fraction of sp³-hybridized carbons (Fsp3) is 1.00. The van der Waals surface area contributed by atoms with E-state index in [2.05, 4.69) is 47.0 Å². The molecule has 0 aromatic rings. The molecule has 0 aromatic carbocycles. The van der Waals surface area contributed by atoms with Crippen LogP contribution in [0.3, 0.4) is 0 Å². The van der Waals surface area contributed by atoms with Crippen molar-refractivity contribution in [2.24, 2.45) is 11.3 Å². The van der Waals surface area contributed by atoms with E-state index in [1.807, 2.05) is 0 Å². The molecule has 14 heavy (non-hydrogen) atoms. The van der Waals surface area contributed by atoms with Gasteiger partial charge in [-0.3, -0.25) is 0 Å². The summed E-state index contributed by atoms with van der Waals surface area (Å²) in [6.07, 6.45) is 5.26. The minimum absolute atomic E-state index is 0.473. The molecule has 0 fully saturated rings. The SMILES string of the molecule is CCCC(C)C(CCC(C)(C)C)NC. The van der Waals surface area contributed by atoms with E-state index in [0.717, 1.165) is 5.92 Å². The Bertz CT molecular complexity index is 135. The molecule has 0 bridgehead atoms. The van der Waals surface area contributed by atoms with E-state index in [4.69, 9.17) is 0 Å². The summed E-state index contributed by atoms with van der Waals surface area (Å²) in [6, 6.07) is 0.703. The normalized spacial score (nSPS) is 16.7. The van der Waals surface area contributed by atoms with Crippen molar-refractivity contribution in [2.75, 3.05) is 7.05 Å². The summed E-state index contributed by atoms with van der Waals surface area (Å²) >= 11 is 0. The van der Waals surface area contributed by atoms with Crippen molar-refractivity contribution < 1.29 is 0 Å². The van der Waals surface area contributed by atoms with Crippen LogP contribution in [0, 0.1) is 11.3 Å². The zero-order valence-corrected chi connectivity index (χ0v) is 11.0. The minimum atomic E-state index is 0.473. The van der Waals surface area contributed by atoms with E-state index < -0.39 is 0 Å². The molecule has 0 rings (SSSR count). The van der Waals surface area contributed by atoms with Crippen LogP contribution in [0.15, 0.2) is 0 Å². The van der Waals surface area contributed by atoms with Crippen LogP contribution in [0.4, 0.5) is 0 Å². The monoisotopic (exact) mass is 199 g/mol. The number of rotatable bonds is 6. The Morgan fingerprint density at radius 3 is 2.07 bits per heavy atom. The molecule has 2 atom stereocenters. The maximum atomic E-state index is 3.46. The molecule has 86 valence electrons. The van der Waals surface area contributed by atoms with E-state index in [1.165, 1.54) is 25.7 Å². The average molecular weight is 199 g/mol. The Morgan fingerprint density at radius 2 is 1.71 bits per heavy atom. The highest BCUT2D eigenvalue weighted by Gasteiger charge is 2.18. The van der Waals surface area contributed by atoms with Gasteiger partial charge in [0.25, 0.3) is 0 Å². The molecular formula is C13H29N. The zero-order valence-electron chi connectivity index (χ0n) is 11.0. The molecule has 0 heterocycles. The second-order valence-corrected chi connectivity index (χ2v) is 5.76. The largest absolute Gasteiger partial charge is 0.317 e. The molecule has 0 aliphatic heterocycles. The summed E-state index contributed by atoms with van der Waals surface area (Å²) < 4.78 is 0. The molecule has 1 nitrogen and oxygen atoms in total. The summed E-state index contributed by atoms with van der Waals surface area (Å²) in [5, 5.41) is 3.46. The van der Waals surface area contributed by atoms with Crippen LogP contribution in [-0.2, 0) is 0 Å². The van der Waals surface area contributed by atoms with Crippen LogP contribution in [0.25, 0.3) is 0 Å². The van der Waals surface area contributed by atoms with Crippen LogP contribution in [-0.4, -0.2) is 13.1 Å². The highest BCUT2D eigenvalue weighted by Crippen LogP contribution is 2.24. The summed E-state index contributed by atoms with van der Waals surface area (Å²) in [7, 11) is 2.10. The summed E-state index contributed by atoms with van der Waals surface area (Å²) in [4.78, 5) is 0. The average Bonchev–Trinajstić information content (AvgIpc) is 2.03. The Balaban J connectivity index is 3.90. The molecule has 0 aliphatic rings. The summed E-state index contributed by atoms with van der Waals surface area (Å²) in [5.41, 5.74) is 0.473. The fourth-order valence-corrected chi connectivity index (χ4v) is 1.96. The molecule has 0 spiro atoms. The molecule has 2 unspecified atom stereocenters. The van der Waals surface area contributed by atoms with Crippen molar-refractivity contribution in [3.63, 3.8) is 0 Å². The summed E-state index contributed by atoms with van der Waals surface area (Å²) in [6.45, 7) is 11.6. The summed E-state index contributed by atoms with van der Waals surface area (Å²) in [5.74, 6) is 0.812. The molecule has 1 N–H and O–H groups in total. The number of nitrogens with one attached hydrogen (secondary N) is 1. The maximum Gasteiger partial charge on any atom is 0.00898 e. The highest BCUT2D eigenvalue weighted by atomic mass is 14.9. The van der Waals surface area contributed by atoms with Gasteiger partial charge >= 0.3 is 0 Å². The maximum absolute atomic E-state index is 3.46. The van der Waals surface area contributed by atoms with Gasteiger partial charge in [-0.15, -0.1) is 0 Å². The van der Waals surface area contributed by atoms with Crippen molar-refractivity contribution in [1.29, 1.82) is 0 Å². The van der Waals surface area contributed by atoms with Gasteiger partial charge in [-0.05, 0) is 37.6 Å². The third kappa shape index (κ3) is 6.42. The first kappa shape index (κ1) is 14.0. The second-order valence-electron chi connectivity index (χ2n) is 5.76. The quantitative estimate of drug-likeness (QED) is 0.685. The Kier molecular flexibility index (Phi) is 6.43. The second kappa shape index (κ2) is 6.44. The van der Waals surface area contributed by atoms with Gasteiger partial charge in [0.1, 0.15) is 0 Å². The minimum Gasteiger partial charge on any atom is -0.317 e. The number of hydrogen-bond acceptors (Lipinski definition) is 1. The first-order chi connectivity index (χ1) is 6.40. The van der Waals surface area contributed by atoms with Gasteiger partial charge in [-0.25, -0.2) is 0 Å². The van der Waals surface area contributed by atoms with Crippen molar-refractivity contribution in [1.82, 2.24) is 5.32 Å². The van der Waals surface area contributed by atoms with Gasteiger partial charge in [-0.2, -0.15) is 0 Å². The third-order valence-corrected chi connectivity index (χ3v) is 3.01. The van der Waals surface area contributed by atoms with Gasteiger partial charge in [0.05, 0.1) is 0 Å². The smallest absolute Gasteiger partial charge is 0.00898 e. The molecule has 1 heteroatoms. The molecule has 0 aromatic heterocycles. The van der Waals surface area contributed by atoms with E-state index in [1.54, 1.807) is 0 Å². The van der Waals surface area contributed by atoms with Gasteiger partial charge in [0.2, 0.25) is 0 Å². The van der Waals surface area contributed by atoms with Gasteiger partial charge in [0.15, 0.2) is 0 Å². The molecule has 0 saturated heterocycles. The highest BCUT2D eigenvalue weighted by molar-refractivity contribution is 4.74. The van der Waals surface area contributed by atoms with E-state index in [-0.39, 0.29) is 0 Å². The Labute approximate surface area is 90.7 Å². The van der Waals surface area contributed by atoms with Gasteiger partial charge in [-0.1, -0.05) is 41.0 Å². The molecule has 0 amide bonds. The lowest BCUT2D eigenvalue weighted by molar-refractivity contribution is 0.287.